The van der Waals surface area contributed by atoms with E-state index in [1.165, 1.54) is 12.8 Å². The lowest BCUT2D eigenvalue weighted by molar-refractivity contribution is 0.269. The van der Waals surface area contributed by atoms with Crippen molar-refractivity contribution in [2.75, 3.05) is 46.0 Å². The van der Waals surface area contributed by atoms with Crippen molar-refractivity contribution in [1.29, 1.82) is 0 Å². The molecule has 1 aliphatic carbocycles. The van der Waals surface area contributed by atoms with Crippen LogP contribution in [0.5, 0.6) is 0 Å². The number of sulfone groups is 1. The summed E-state index contributed by atoms with van der Waals surface area (Å²) in [5.74, 6) is 1.81. The molecule has 7 heteroatoms. The minimum atomic E-state index is -3.02. The largest absolute Gasteiger partial charge is 0.357 e. The van der Waals surface area contributed by atoms with Crippen LogP contribution in [0.25, 0.3) is 0 Å². The Hall–Kier alpha value is -0.820. The molecular weight excluding hydrogens is 312 g/mol. The van der Waals surface area contributed by atoms with Crippen LogP contribution in [0, 0.1) is 5.92 Å². The van der Waals surface area contributed by atoms with Gasteiger partial charge in [0.25, 0.3) is 0 Å². The zero-order valence-corrected chi connectivity index (χ0v) is 16.0. The van der Waals surface area contributed by atoms with Crippen LogP contribution in [0.4, 0.5) is 0 Å². The third kappa shape index (κ3) is 4.38. The van der Waals surface area contributed by atoms with E-state index in [1.54, 1.807) is 0 Å². The van der Waals surface area contributed by atoms with Crippen LogP contribution in [-0.4, -0.2) is 81.0 Å². The molecule has 1 unspecified atom stereocenters. The van der Waals surface area contributed by atoms with E-state index in [2.05, 4.69) is 29.2 Å². The molecule has 1 aliphatic heterocycles. The number of likely N-dealkylation sites (N-methyl/N-ethyl adjacent to an activating group) is 1. The van der Waals surface area contributed by atoms with Gasteiger partial charge in [-0.3, -0.25) is 4.99 Å². The third-order valence-electron chi connectivity index (χ3n) is 4.94. The lowest BCUT2D eigenvalue weighted by Crippen LogP contribution is -2.57. The van der Waals surface area contributed by atoms with Crippen LogP contribution < -0.4 is 5.32 Å². The first-order valence-corrected chi connectivity index (χ1v) is 10.2. The van der Waals surface area contributed by atoms with E-state index in [-0.39, 0.29) is 5.75 Å². The van der Waals surface area contributed by atoms with Crippen LogP contribution in [0.2, 0.25) is 0 Å². The van der Waals surface area contributed by atoms with E-state index in [1.807, 2.05) is 20.8 Å². The van der Waals surface area contributed by atoms with Gasteiger partial charge in [-0.25, -0.2) is 8.42 Å². The monoisotopic (exact) mass is 344 g/mol. The van der Waals surface area contributed by atoms with E-state index in [0.29, 0.717) is 19.1 Å². The van der Waals surface area contributed by atoms with Crippen molar-refractivity contribution in [3.05, 3.63) is 0 Å². The fourth-order valence-corrected chi connectivity index (χ4v) is 4.51. The van der Waals surface area contributed by atoms with Crippen molar-refractivity contribution in [3.63, 3.8) is 0 Å². The molecule has 1 saturated heterocycles. The Bertz CT molecular complexity index is 536. The van der Waals surface area contributed by atoms with Crippen molar-refractivity contribution >= 4 is 15.8 Å². The number of hydrogen-bond donors (Lipinski definition) is 1. The predicted octanol–water partition coefficient (Wildman–Crippen LogP) is 0.801. The lowest BCUT2D eigenvalue weighted by Gasteiger charge is -2.39. The van der Waals surface area contributed by atoms with Gasteiger partial charge >= 0.3 is 0 Å². The predicted molar refractivity (Wildman–Crippen MR) is 95.6 cm³/mol. The Balaban J connectivity index is 2.10. The normalized spacial score (nSPS) is 25.5. The molecule has 2 fully saturated rings. The van der Waals surface area contributed by atoms with Crippen molar-refractivity contribution in [2.24, 2.45) is 10.9 Å². The summed E-state index contributed by atoms with van der Waals surface area (Å²) in [6, 6.07) is 0.477. The molecule has 0 bridgehead atoms. The van der Waals surface area contributed by atoms with Gasteiger partial charge in [-0.05, 0) is 53.6 Å². The fraction of sp³-hybridized carbons (Fsp3) is 0.938. The van der Waals surface area contributed by atoms with E-state index in [4.69, 9.17) is 4.99 Å². The Morgan fingerprint density at radius 3 is 2.52 bits per heavy atom. The highest BCUT2D eigenvalue weighted by Crippen LogP contribution is 2.34. The average molecular weight is 345 g/mol. The topological polar surface area (TPSA) is 65.0 Å². The summed E-state index contributed by atoms with van der Waals surface area (Å²) < 4.78 is 23.7. The average Bonchev–Trinajstić information content (AvgIpc) is 3.25. The third-order valence-corrected chi connectivity index (χ3v) is 7.47. The van der Waals surface area contributed by atoms with E-state index in [0.717, 1.165) is 25.0 Å². The van der Waals surface area contributed by atoms with Crippen LogP contribution in [-0.2, 0) is 9.84 Å². The molecule has 2 aliphatic rings. The summed E-state index contributed by atoms with van der Waals surface area (Å²) >= 11 is 0. The number of aliphatic imine (C=N–C) groups is 1. The Morgan fingerprint density at radius 1 is 1.39 bits per heavy atom. The number of hydrogen-bond acceptors (Lipinski definition) is 4. The first kappa shape index (κ1) is 18.5. The number of rotatable bonds is 5. The molecule has 1 heterocycles. The zero-order valence-electron chi connectivity index (χ0n) is 15.2. The second-order valence-corrected chi connectivity index (χ2v) is 10.3. The SMILES string of the molecule is CCNC(=NCC(C1CC1)N(C)C)N1CCS(=O)(=O)C(C)(C)C1. The minimum Gasteiger partial charge on any atom is -0.357 e. The van der Waals surface area contributed by atoms with E-state index < -0.39 is 14.6 Å². The van der Waals surface area contributed by atoms with Crippen molar-refractivity contribution in [1.82, 2.24) is 15.1 Å². The summed E-state index contributed by atoms with van der Waals surface area (Å²) in [6.45, 7) is 8.24. The molecule has 1 atom stereocenters. The maximum Gasteiger partial charge on any atom is 0.194 e. The summed E-state index contributed by atoms with van der Waals surface area (Å²) in [4.78, 5) is 9.19. The maximum absolute atomic E-state index is 12.2. The molecule has 0 aromatic rings. The summed E-state index contributed by atoms with van der Waals surface area (Å²) in [5.41, 5.74) is 0. The molecule has 0 aromatic carbocycles. The molecule has 23 heavy (non-hydrogen) atoms. The van der Waals surface area contributed by atoms with Gasteiger partial charge in [0.2, 0.25) is 0 Å². The van der Waals surface area contributed by atoms with E-state index in [9.17, 15) is 8.42 Å². The summed E-state index contributed by atoms with van der Waals surface area (Å²) in [5, 5.41) is 3.33. The van der Waals surface area contributed by atoms with Gasteiger partial charge < -0.3 is 15.1 Å². The van der Waals surface area contributed by atoms with Gasteiger partial charge in [-0.2, -0.15) is 0 Å². The fourth-order valence-electron chi connectivity index (χ4n) is 3.15. The molecule has 0 spiro atoms. The smallest absolute Gasteiger partial charge is 0.194 e. The Morgan fingerprint density at radius 2 is 2.04 bits per heavy atom. The number of nitrogens with one attached hydrogen (secondary N) is 1. The standard InChI is InChI=1S/C16H32N4O2S/c1-6-17-15(18-11-14(19(4)5)13-7-8-13)20-9-10-23(21,22)16(2,3)12-20/h13-14H,6-12H2,1-5H3,(H,17,18). The van der Waals surface area contributed by atoms with Crippen LogP contribution >= 0.6 is 0 Å². The lowest BCUT2D eigenvalue weighted by atomic mass is 10.1. The molecule has 1 N–H and O–H groups in total. The Kier molecular flexibility index (Phi) is 5.61. The molecule has 0 aromatic heterocycles. The second-order valence-electron chi connectivity index (χ2n) is 7.56. The van der Waals surface area contributed by atoms with Gasteiger partial charge in [0.1, 0.15) is 0 Å². The Labute approximate surface area is 141 Å². The molecule has 1 saturated carbocycles. The zero-order chi connectivity index (χ0) is 17.3. The number of nitrogens with zero attached hydrogens (tertiary/aromatic N) is 3. The molecule has 2 rings (SSSR count). The van der Waals surface area contributed by atoms with Gasteiger partial charge in [0, 0.05) is 25.7 Å². The highest BCUT2D eigenvalue weighted by atomic mass is 32.2. The van der Waals surface area contributed by atoms with Crippen molar-refractivity contribution in [2.45, 2.75) is 44.4 Å². The molecule has 134 valence electrons. The first-order valence-electron chi connectivity index (χ1n) is 8.60. The van der Waals surface area contributed by atoms with Crippen LogP contribution in [0.3, 0.4) is 0 Å². The second kappa shape index (κ2) is 6.97. The van der Waals surface area contributed by atoms with Gasteiger partial charge in [-0.1, -0.05) is 0 Å². The van der Waals surface area contributed by atoms with Crippen molar-refractivity contribution < 1.29 is 8.42 Å². The van der Waals surface area contributed by atoms with E-state index >= 15 is 0 Å². The first-order chi connectivity index (χ1) is 10.7. The van der Waals surface area contributed by atoms with Crippen molar-refractivity contribution in [3.8, 4) is 0 Å². The van der Waals surface area contributed by atoms with Crippen LogP contribution in [0.1, 0.15) is 33.6 Å². The van der Waals surface area contributed by atoms with Gasteiger partial charge in [0.05, 0.1) is 17.0 Å². The maximum atomic E-state index is 12.2. The highest BCUT2D eigenvalue weighted by Gasteiger charge is 2.41. The molecule has 0 radical (unpaired) electrons. The highest BCUT2D eigenvalue weighted by molar-refractivity contribution is 7.92. The summed E-state index contributed by atoms with van der Waals surface area (Å²) in [7, 11) is 1.20. The molecular formula is C16H32N4O2S. The number of guanidine groups is 1. The van der Waals surface area contributed by atoms with Gasteiger partial charge in [0.15, 0.2) is 15.8 Å². The van der Waals surface area contributed by atoms with Gasteiger partial charge in [-0.15, -0.1) is 0 Å². The van der Waals surface area contributed by atoms with Crippen LogP contribution in [0.15, 0.2) is 4.99 Å². The quantitative estimate of drug-likeness (QED) is 0.590. The molecule has 0 amide bonds. The minimum absolute atomic E-state index is 0.199. The molecule has 6 nitrogen and oxygen atoms in total. The summed E-state index contributed by atoms with van der Waals surface area (Å²) in [6.07, 6.45) is 2.59.